The van der Waals surface area contributed by atoms with Gasteiger partial charge >= 0.3 is 0 Å². The lowest BCUT2D eigenvalue weighted by Crippen LogP contribution is -2.00. The van der Waals surface area contributed by atoms with Crippen LogP contribution < -0.4 is 0 Å². The van der Waals surface area contributed by atoms with Crippen molar-refractivity contribution in [3.63, 3.8) is 0 Å². The van der Waals surface area contributed by atoms with E-state index in [1.165, 1.54) is 21.9 Å². The molecule has 4 nitrogen and oxygen atoms in total. The van der Waals surface area contributed by atoms with Crippen LogP contribution in [-0.2, 0) is 0 Å². The number of hydrogen-bond acceptors (Lipinski definition) is 4. The molecule has 256 valence electrons. The first kappa shape index (κ1) is 31.1. The first-order valence-corrected chi connectivity index (χ1v) is 18.5. The second-order valence-electron chi connectivity index (χ2n) is 14.0. The topological polar surface area (TPSA) is 51.8 Å². The molecule has 0 aliphatic heterocycles. The molecule has 0 saturated carbocycles. The van der Waals surface area contributed by atoms with Crippen LogP contribution in [-0.4, -0.2) is 15.0 Å². The highest BCUT2D eigenvalue weighted by molar-refractivity contribution is 6.19. The van der Waals surface area contributed by atoms with Crippen molar-refractivity contribution in [2.75, 3.05) is 0 Å². The summed E-state index contributed by atoms with van der Waals surface area (Å²) in [7, 11) is 0. The molecule has 0 N–H and O–H groups in total. The highest BCUT2D eigenvalue weighted by Crippen LogP contribution is 2.41. The fourth-order valence-corrected chi connectivity index (χ4v) is 7.87. The maximum atomic E-state index is 6.54. The third kappa shape index (κ3) is 5.43. The average Bonchev–Trinajstić information content (AvgIpc) is 3.64. The second kappa shape index (κ2) is 12.6. The molecule has 0 bridgehead atoms. The van der Waals surface area contributed by atoms with Crippen molar-refractivity contribution in [2.24, 2.45) is 0 Å². The van der Waals surface area contributed by atoms with Gasteiger partial charge in [-0.05, 0) is 79.5 Å². The maximum Gasteiger partial charge on any atom is 0.164 e. The highest BCUT2D eigenvalue weighted by atomic mass is 16.3. The summed E-state index contributed by atoms with van der Waals surface area (Å²) in [6, 6.07) is 65.9. The number of nitrogens with zero attached hydrogens (tertiary/aromatic N) is 3. The van der Waals surface area contributed by atoms with Gasteiger partial charge in [-0.3, -0.25) is 0 Å². The summed E-state index contributed by atoms with van der Waals surface area (Å²) in [4.78, 5) is 15.2. The Bertz CT molecular complexity index is 3160. The van der Waals surface area contributed by atoms with E-state index in [1.54, 1.807) is 0 Å². The van der Waals surface area contributed by atoms with Crippen LogP contribution in [0.2, 0.25) is 0 Å². The maximum absolute atomic E-state index is 6.54. The Hall–Kier alpha value is -7.43. The largest absolute Gasteiger partial charge is 0.455 e. The normalized spacial score (nSPS) is 11.6. The van der Waals surface area contributed by atoms with Gasteiger partial charge in [0.25, 0.3) is 0 Å². The quantitative estimate of drug-likeness (QED) is 0.179. The molecule has 2 heterocycles. The molecule has 0 atom stereocenters. The smallest absolute Gasteiger partial charge is 0.164 e. The monoisotopic (exact) mass is 701 g/mol. The molecule has 9 aromatic carbocycles. The SMILES string of the molecule is c1ccc(-c2ccc3oc4c5ccccc5c(-c5ccc(-c6nc(-c7ccc8ccccc8c7)nc(-c7ccc8ccccc8c7)n6)cc5)cc4c3c2)cc1. The van der Waals surface area contributed by atoms with Crippen molar-refractivity contribution in [1.29, 1.82) is 0 Å². The van der Waals surface area contributed by atoms with Crippen molar-refractivity contribution < 1.29 is 4.42 Å². The predicted molar refractivity (Wildman–Crippen MR) is 227 cm³/mol. The Morgan fingerprint density at radius 1 is 0.291 bits per heavy atom. The third-order valence-electron chi connectivity index (χ3n) is 10.7. The van der Waals surface area contributed by atoms with Gasteiger partial charge in [-0.15, -0.1) is 0 Å². The van der Waals surface area contributed by atoms with Gasteiger partial charge in [0.05, 0.1) is 0 Å². The first-order chi connectivity index (χ1) is 27.2. The number of rotatable bonds is 5. The Kier molecular flexibility index (Phi) is 7.14. The number of benzene rings is 9. The zero-order valence-corrected chi connectivity index (χ0v) is 29.6. The lowest BCUT2D eigenvalue weighted by atomic mass is 9.94. The lowest BCUT2D eigenvalue weighted by Gasteiger charge is -2.11. The number of fused-ring (bicyclic) bond motifs is 7. The fraction of sp³-hybridized carbons (Fsp3) is 0. The lowest BCUT2D eigenvalue weighted by molar-refractivity contribution is 0.673. The summed E-state index contributed by atoms with van der Waals surface area (Å²) in [5.74, 6) is 1.91. The van der Waals surface area contributed by atoms with E-state index in [2.05, 4.69) is 182 Å². The molecule has 2 aromatic heterocycles. The fourth-order valence-electron chi connectivity index (χ4n) is 7.87. The summed E-state index contributed by atoms with van der Waals surface area (Å²) in [5, 5.41) is 9.08. The van der Waals surface area contributed by atoms with Crippen molar-refractivity contribution in [3.8, 4) is 56.4 Å². The standard InChI is InChI=1S/C51H31N3O/c1-2-10-32(11-3-1)39-26-27-47-45(30-39)46-31-44(42-16-8-9-17-43(42)48(46)55-47)35-20-22-36(23-21-35)49-52-50(40-24-18-33-12-4-6-14-37(33)28-40)54-51(53-49)41-25-19-34-13-5-7-15-38(34)29-41/h1-31H. The van der Waals surface area contributed by atoms with Crippen LogP contribution in [0, 0.1) is 0 Å². The summed E-state index contributed by atoms with van der Waals surface area (Å²) in [5.41, 5.74) is 9.20. The summed E-state index contributed by atoms with van der Waals surface area (Å²) < 4.78 is 6.54. The Morgan fingerprint density at radius 2 is 0.800 bits per heavy atom. The minimum absolute atomic E-state index is 0.627. The Labute approximate surface area is 317 Å². The van der Waals surface area contributed by atoms with Crippen molar-refractivity contribution in [3.05, 3.63) is 188 Å². The van der Waals surface area contributed by atoms with E-state index in [0.717, 1.165) is 71.3 Å². The zero-order valence-electron chi connectivity index (χ0n) is 29.6. The summed E-state index contributed by atoms with van der Waals surface area (Å²) in [6.45, 7) is 0. The first-order valence-electron chi connectivity index (χ1n) is 18.5. The van der Waals surface area contributed by atoms with Gasteiger partial charge in [-0.1, -0.05) is 158 Å². The molecule has 0 saturated heterocycles. The van der Waals surface area contributed by atoms with Crippen molar-refractivity contribution >= 4 is 54.3 Å². The number of aromatic nitrogens is 3. The van der Waals surface area contributed by atoms with Crippen molar-refractivity contribution in [1.82, 2.24) is 15.0 Å². The minimum atomic E-state index is 0.627. The molecular weight excluding hydrogens is 671 g/mol. The zero-order chi connectivity index (χ0) is 36.3. The van der Waals surface area contributed by atoms with Crippen LogP contribution >= 0.6 is 0 Å². The molecule has 11 rings (SSSR count). The molecule has 0 radical (unpaired) electrons. The van der Waals surface area contributed by atoms with Crippen LogP contribution in [0.15, 0.2) is 192 Å². The van der Waals surface area contributed by atoms with E-state index in [4.69, 9.17) is 19.4 Å². The summed E-state index contributed by atoms with van der Waals surface area (Å²) in [6.07, 6.45) is 0. The molecule has 0 unspecified atom stereocenters. The molecule has 0 amide bonds. The molecule has 0 aliphatic carbocycles. The minimum Gasteiger partial charge on any atom is -0.455 e. The van der Waals surface area contributed by atoms with Crippen LogP contribution in [0.4, 0.5) is 0 Å². The molecule has 0 aliphatic rings. The van der Waals surface area contributed by atoms with E-state index in [9.17, 15) is 0 Å². The molecular formula is C51H31N3O. The van der Waals surface area contributed by atoms with E-state index in [-0.39, 0.29) is 0 Å². The van der Waals surface area contributed by atoms with Crippen molar-refractivity contribution in [2.45, 2.75) is 0 Å². The van der Waals surface area contributed by atoms with Gasteiger partial charge in [0, 0.05) is 32.8 Å². The molecule has 0 spiro atoms. The van der Waals surface area contributed by atoms with Gasteiger partial charge < -0.3 is 4.42 Å². The van der Waals surface area contributed by atoms with Crippen LogP contribution in [0.25, 0.3) is 111 Å². The van der Waals surface area contributed by atoms with Crippen LogP contribution in [0.1, 0.15) is 0 Å². The van der Waals surface area contributed by atoms with Gasteiger partial charge in [0.15, 0.2) is 17.5 Å². The predicted octanol–water partition coefficient (Wildman–Crippen LogP) is 13.6. The number of furan rings is 1. The van der Waals surface area contributed by atoms with Gasteiger partial charge in [0.1, 0.15) is 11.2 Å². The van der Waals surface area contributed by atoms with Gasteiger partial charge in [-0.2, -0.15) is 0 Å². The van der Waals surface area contributed by atoms with Gasteiger partial charge in [-0.25, -0.2) is 15.0 Å². The van der Waals surface area contributed by atoms with E-state index in [1.807, 2.05) is 6.07 Å². The van der Waals surface area contributed by atoms with Gasteiger partial charge in [0.2, 0.25) is 0 Å². The molecule has 0 fully saturated rings. The Balaban J connectivity index is 1.05. The molecule has 55 heavy (non-hydrogen) atoms. The van der Waals surface area contributed by atoms with E-state index >= 15 is 0 Å². The summed E-state index contributed by atoms with van der Waals surface area (Å²) >= 11 is 0. The second-order valence-corrected chi connectivity index (χ2v) is 14.0. The van der Waals surface area contributed by atoms with E-state index in [0.29, 0.717) is 17.5 Å². The average molecular weight is 702 g/mol. The van der Waals surface area contributed by atoms with Crippen LogP contribution in [0.3, 0.4) is 0 Å². The molecule has 11 aromatic rings. The van der Waals surface area contributed by atoms with Crippen LogP contribution in [0.5, 0.6) is 0 Å². The van der Waals surface area contributed by atoms with E-state index < -0.39 is 0 Å². The highest BCUT2D eigenvalue weighted by Gasteiger charge is 2.17. The Morgan fingerprint density at radius 3 is 1.45 bits per heavy atom. The number of hydrogen-bond donors (Lipinski definition) is 0. The molecule has 4 heteroatoms. The third-order valence-corrected chi connectivity index (χ3v) is 10.7.